The summed E-state index contributed by atoms with van der Waals surface area (Å²) < 4.78 is 5.12. The van der Waals surface area contributed by atoms with E-state index >= 15 is 0 Å². The summed E-state index contributed by atoms with van der Waals surface area (Å²) in [5.74, 6) is -0.185. The summed E-state index contributed by atoms with van der Waals surface area (Å²) in [6.07, 6.45) is 1.65. The Kier molecular flexibility index (Phi) is 4.52. The minimum atomic E-state index is -0.208. The summed E-state index contributed by atoms with van der Waals surface area (Å²) in [6, 6.07) is 13.5. The molecule has 1 aliphatic carbocycles. The molecule has 0 amide bonds. The Bertz CT molecular complexity index is 820. The van der Waals surface area contributed by atoms with Crippen LogP contribution in [-0.4, -0.2) is 17.7 Å². The van der Waals surface area contributed by atoms with Gasteiger partial charge in [0, 0.05) is 0 Å². The van der Waals surface area contributed by atoms with E-state index < -0.39 is 0 Å². The molecule has 0 heterocycles. The van der Waals surface area contributed by atoms with E-state index in [1.165, 1.54) is 0 Å². The van der Waals surface area contributed by atoms with Crippen molar-refractivity contribution in [3.63, 3.8) is 0 Å². The van der Waals surface area contributed by atoms with Crippen LogP contribution in [0, 0.1) is 11.3 Å². The van der Waals surface area contributed by atoms with Gasteiger partial charge in [-0.3, -0.25) is 4.79 Å². The predicted molar refractivity (Wildman–Crippen MR) is 89.8 cm³/mol. The summed E-state index contributed by atoms with van der Waals surface area (Å²) in [4.78, 5) is 12.0. The molecule has 0 bridgehead atoms. The van der Waals surface area contributed by atoms with Gasteiger partial charge < -0.3 is 9.84 Å². The van der Waals surface area contributed by atoms with Crippen LogP contribution in [0.3, 0.4) is 0 Å². The van der Waals surface area contributed by atoms with Gasteiger partial charge in [0.15, 0.2) is 0 Å². The topological polar surface area (TPSA) is 70.3 Å². The van der Waals surface area contributed by atoms with Crippen molar-refractivity contribution < 1.29 is 14.6 Å². The number of nitriles is 1. The molecule has 3 rings (SSSR count). The monoisotopic (exact) mass is 321 g/mol. The molecule has 122 valence electrons. The first-order valence-corrected chi connectivity index (χ1v) is 8.10. The lowest BCUT2D eigenvalue weighted by Gasteiger charge is -2.17. The van der Waals surface area contributed by atoms with E-state index in [0.717, 1.165) is 22.3 Å². The maximum Gasteiger partial charge on any atom is 0.306 e. The summed E-state index contributed by atoms with van der Waals surface area (Å²) >= 11 is 0. The number of phenolic OH excluding ortho intramolecular Hbond substituents is 1. The fraction of sp³-hybridized carbons (Fsp3) is 0.300. The Morgan fingerprint density at radius 3 is 2.83 bits per heavy atom. The maximum atomic E-state index is 12.0. The minimum absolute atomic E-state index is 0.0116. The predicted octanol–water partition coefficient (Wildman–Crippen LogP) is 3.45. The van der Waals surface area contributed by atoms with Crippen LogP contribution >= 0.6 is 0 Å². The number of hydrogen-bond acceptors (Lipinski definition) is 4. The lowest BCUT2D eigenvalue weighted by Crippen LogP contribution is -2.13. The number of esters is 1. The van der Waals surface area contributed by atoms with E-state index in [4.69, 9.17) is 10.00 Å². The molecular weight excluding hydrogens is 302 g/mol. The Labute approximate surface area is 141 Å². The zero-order chi connectivity index (χ0) is 17.1. The van der Waals surface area contributed by atoms with Crippen LogP contribution in [0.2, 0.25) is 0 Å². The molecule has 2 aromatic carbocycles. The van der Waals surface area contributed by atoms with Crippen LogP contribution in [0.25, 0.3) is 0 Å². The van der Waals surface area contributed by atoms with E-state index in [1.54, 1.807) is 19.1 Å². The van der Waals surface area contributed by atoms with Crippen molar-refractivity contribution in [1.29, 1.82) is 5.26 Å². The first-order valence-electron chi connectivity index (χ1n) is 8.10. The highest BCUT2D eigenvalue weighted by atomic mass is 16.5. The van der Waals surface area contributed by atoms with Gasteiger partial charge in [-0.15, -0.1) is 0 Å². The normalized spacial score (nSPS) is 15.6. The number of hydrogen-bond donors (Lipinski definition) is 1. The van der Waals surface area contributed by atoms with Crippen molar-refractivity contribution in [3.05, 3.63) is 64.2 Å². The van der Waals surface area contributed by atoms with Gasteiger partial charge in [-0.05, 0) is 60.1 Å². The molecule has 4 nitrogen and oxygen atoms in total. The molecule has 0 saturated carbocycles. The molecule has 1 aliphatic rings. The molecular formula is C20H19NO3. The average Bonchev–Trinajstić information content (AvgIpc) is 2.71. The molecule has 0 aliphatic heterocycles. The molecule has 0 fully saturated rings. The van der Waals surface area contributed by atoms with Gasteiger partial charge in [0.25, 0.3) is 0 Å². The Balaban J connectivity index is 2.04. The third-order valence-corrected chi connectivity index (χ3v) is 4.50. The van der Waals surface area contributed by atoms with Crippen molar-refractivity contribution in [2.45, 2.75) is 32.1 Å². The highest BCUT2D eigenvalue weighted by Gasteiger charge is 2.25. The number of aromatic hydroxyl groups is 1. The van der Waals surface area contributed by atoms with Crippen LogP contribution in [0.4, 0.5) is 0 Å². The smallest absolute Gasteiger partial charge is 0.306 e. The van der Waals surface area contributed by atoms with Gasteiger partial charge in [0.05, 0.1) is 18.6 Å². The molecule has 0 spiro atoms. The second-order valence-corrected chi connectivity index (χ2v) is 6.04. The molecule has 1 atom stereocenters. The second kappa shape index (κ2) is 6.76. The first kappa shape index (κ1) is 16.1. The Hall–Kier alpha value is -2.80. The molecule has 0 saturated heterocycles. The van der Waals surface area contributed by atoms with Crippen LogP contribution in [0.5, 0.6) is 5.75 Å². The van der Waals surface area contributed by atoms with Gasteiger partial charge >= 0.3 is 5.97 Å². The van der Waals surface area contributed by atoms with E-state index in [1.807, 2.05) is 18.2 Å². The second-order valence-electron chi connectivity index (χ2n) is 6.04. The maximum absolute atomic E-state index is 12.0. The van der Waals surface area contributed by atoms with Crippen molar-refractivity contribution in [1.82, 2.24) is 0 Å². The number of rotatable bonds is 3. The molecule has 4 heteroatoms. The summed E-state index contributed by atoms with van der Waals surface area (Å²) in [5, 5.41) is 19.2. The van der Waals surface area contributed by atoms with E-state index in [0.29, 0.717) is 25.9 Å². The Morgan fingerprint density at radius 2 is 2.08 bits per heavy atom. The first-order chi connectivity index (χ1) is 11.6. The van der Waals surface area contributed by atoms with Crippen molar-refractivity contribution in [2.24, 2.45) is 0 Å². The van der Waals surface area contributed by atoms with Crippen LogP contribution in [0.1, 0.15) is 47.1 Å². The van der Waals surface area contributed by atoms with Gasteiger partial charge in [-0.2, -0.15) is 5.26 Å². The molecule has 0 unspecified atom stereocenters. The highest BCUT2D eigenvalue weighted by Crippen LogP contribution is 2.36. The number of ether oxygens (including phenoxy) is 1. The minimum Gasteiger partial charge on any atom is -0.507 e. The Morgan fingerprint density at radius 1 is 1.29 bits per heavy atom. The van der Waals surface area contributed by atoms with Crippen molar-refractivity contribution in [2.75, 3.05) is 6.61 Å². The fourth-order valence-electron chi connectivity index (χ4n) is 3.40. The summed E-state index contributed by atoms with van der Waals surface area (Å²) in [7, 11) is 0. The van der Waals surface area contributed by atoms with Crippen LogP contribution in [-0.2, 0) is 22.4 Å². The summed E-state index contributed by atoms with van der Waals surface area (Å²) in [5.41, 5.74) is 4.57. The van der Waals surface area contributed by atoms with E-state index in [9.17, 15) is 9.90 Å². The van der Waals surface area contributed by atoms with Crippen LogP contribution < -0.4 is 0 Å². The van der Waals surface area contributed by atoms with Gasteiger partial charge in [-0.1, -0.05) is 24.3 Å². The highest BCUT2D eigenvalue weighted by molar-refractivity contribution is 5.71. The van der Waals surface area contributed by atoms with Gasteiger partial charge in [-0.25, -0.2) is 0 Å². The number of nitrogens with zero attached hydrogens (tertiary/aromatic N) is 1. The largest absolute Gasteiger partial charge is 0.507 e. The molecule has 24 heavy (non-hydrogen) atoms. The quantitative estimate of drug-likeness (QED) is 0.879. The third-order valence-electron chi connectivity index (χ3n) is 4.50. The van der Waals surface area contributed by atoms with Crippen molar-refractivity contribution in [3.8, 4) is 11.8 Å². The average molecular weight is 321 g/mol. The van der Waals surface area contributed by atoms with Gasteiger partial charge in [0.1, 0.15) is 11.8 Å². The van der Waals surface area contributed by atoms with Crippen molar-refractivity contribution >= 4 is 5.97 Å². The van der Waals surface area contributed by atoms with E-state index in [-0.39, 0.29) is 23.2 Å². The number of phenols is 1. The van der Waals surface area contributed by atoms with Crippen LogP contribution in [0.15, 0.2) is 36.4 Å². The third kappa shape index (κ3) is 3.11. The number of benzene rings is 2. The molecule has 1 N–H and O–H groups in total. The molecule has 0 radical (unpaired) electrons. The molecule has 0 aromatic heterocycles. The fourth-order valence-corrected chi connectivity index (χ4v) is 3.40. The zero-order valence-corrected chi connectivity index (χ0v) is 13.6. The SMILES string of the molecule is CCOC(=O)C[C@@H]1Cc2cc(C#N)c(O)cc2Cc2ccccc21. The summed E-state index contributed by atoms with van der Waals surface area (Å²) in [6.45, 7) is 2.17. The standard InChI is InChI=1S/C20H19NO3/c1-2-24-20(23)11-16-8-14-9-17(12-21)19(22)10-15(14)7-13-5-3-4-6-18(13)16/h3-6,9-10,16,22H,2,7-8,11H2,1H3/t16-/m0/s1. The lowest BCUT2D eigenvalue weighted by molar-refractivity contribution is -0.143. The molecule has 2 aromatic rings. The van der Waals surface area contributed by atoms with Gasteiger partial charge in [0.2, 0.25) is 0 Å². The number of carbonyl (C=O) groups excluding carboxylic acids is 1. The lowest BCUT2D eigenvalue weighted by atomic mass is 9.88. The zero-order valence-electron chi connectivity index (χ0n) is 13.6. The number of fused-ring (bicyclic) bond motifs is 2. The number of carbonyl (C=O) groups is 1. The van der Waals surface area contributed by atoms with E-state index in [2.05, 4.69) is 12.1 Å².